The van der Waals surface area contributed by atoms with E-state index in [4.69, 9.17) is 0 Å². The largest absolute Gasteiger partial charge is 0.334 e. The number of sulfonamides is 1. The van der Waals surface area contributed by atoms with Gasteiger partial charge in [-0.15, -0.1) is 4.40 Å². The first-order valence-corrected chi connectivity index (χ1v) is 5.27. The molecule has 1 aliphatic rings. The first kappa shape index (κ1) is 9.14. The van der Waals surface area contributed by atoms with Crippen LogP contribution in [-0.4, -0.2) is 21.8 Å². The zero-order valence-electron chi connectivity index (χ0n) is 7.31. The summed E-state index contributed by atoms with van der Waals surface area (Å²) < 4.78 is 38.9. The van der Waals surface area contributed by atoms with Gasteiger partial charge in [0.2, 0.25) is 0 Å². The van der Waals surface area contributed by atoms with Gasteiger partial charge < -0.3 is 4.90 Å². The lowest BCUT2D eigenvalue weighted by Crippen LogP contribution is -2.22. The van der Waals surface area contributed by atoms with Crippen LogP contribution in [0.2, 0.25) is 0 Å². The lowest BCUT2D eigenvalue weighted by molar-refractivity contribution is 0.592. The fourth-order valence-electron chi connectivity index (χ4n) is 1.24. The summed E-state index contributed by atoms with van der Waals surface area (Å²) in [5.74, 6) is -0.585. The summed E-state index contributed by atoms with van der Waals surface area (Å²) in [6.45, 7) is 0. The zero-order chi connectivity index (χ0) is 10.3. The maximum absolute atomic E-state index is 12.8. The highest BCUT2D eigenvalue weighted by Gasteiger charge is 2.23. The Morgan fingerprint density at radius 1 is 1.43 bits per heavy atom. The van der Waals surface area contributed by atoms with E-state index in [1.54, 1.807) is 7.05 Å². The van der Waals surface area contributed by atoms with E-state index in [1.165, 1.54) is 23.4 Å². The molecule has 0 amide bonds. The van der Waals surface area contributed by atoms with Gasteiger partial charge in [0, 0.05) is 7.05 Å². The summed E-state index contributed by atoms with van der Waals surface area (Å²) in [7, 11) is -2.06. The molecule has 1 aliphatic heterocycles. The van der Waals surface area contributed by atoms with Gasteiger partial charge in [0.15, 0.2) is 0 Å². The predicted octanol–water partition coefficient (Wildman–Crippen LogP) is 0.993. The Labute approximate surface area is 80.7 Å². The van der Waals surface area contributed by atoms with Crippen molar-refractivity contribution in [2.24, 2.45) is 4.40 Å². The van der Waals surface area contributed by atoms with Crippen LogP contribution in [-0.2, 0) is 10.0 Å². The van der Waals surface area contributed by atoms with Crippen LogP contribution in [0.15, 0.2) is 27.5 Å². The van der Waals surface area contributed by atoms with Crippen LogP contribution in [0.5, 0.6) is 0 Å². The lowest BCUT2D eigenvalue weighted by atomic mass is 10.3. The van der Waals surface area contributed by atoms with Crippen LogP contribution in [0.25, 0.3) is 0 Å². The molecule has 0 saturated heterocycles. The molecule has 0 atom stereocenters. The van der Waals surface area contributed by atoms with Gasteiger partial charge in [0.1, 0.15) is 17.1 Å². The molecule has 1 aromatic carbocycles. The van der Waals surface area contributed by atoms with Crippen molar-refractivity contribution >= 4 is 22.0 Å². The van der Waals surface area contributed by atoms with E-state index in [0.717, 1.165) is 6.07 Å². The van der Waals surface area contributed by atoms with Gasteiger partial charge in [-0.1, -0.05) is 0 Å². The number of rotatable bonds is 0. The first-order chi connectivity index (χ1) is 6.50. The number of nitrogens with zero attached hydrogens (tertiary/aromatic N) is 2. The van der Waals surface area contributed by atoms with Crippen LogP contribution in [0, 0.1) is 5.82 Å². The van der Waals surface area contributed by atoms with Gasteiger partial charge >= 0.3 is 0 Å². The van der Waals surface area contributed by atoms with Crippen molar-refractivity contribution in [1.29, 1.82) is 0 Å². The second kappa shape index (κ2) is 2.78. The van der Waals surface area contributed by atoms with Crippen molar-refractivity contribution in [2.45, 2.75) is 4.90 Å². The Morgan fingerprint density at radius 3 is 2.86 bits per heavy atom. The monoisotopic (exact) mass is 214 g/mol. The third kappa shape index (κ3) is 1.27. The standard InChI is InChI=1S/C8H7FN2O2S/c1-11-5-10-14(12,13)8-4-6(9)2-3-7(8)11/h2-5H,1H3. The number of anilines is 1. The van der Waals surface area contributed by atoms with Gasteiger partial charge in [-0.25, -0.2) is 4.39 Å². The molecule has 0 aliphatic carbocycles. The van der Waals surface area contributed by atoms with E-state index in [1.807, 2.05) is 0 Å². The fraction of sp³-hybridized carbons (Fsp3) is 0.125. The SMILES string of the molecule is CN1C=NS(=O)(=O)c2cc(F)ccc21. The van der Waals surface area contributed by atoms with Crippen molar-refractivity contribution in [3.63, 3.8) is 0 Å². The van der Waals surface area contributed by atoms with Gasteiger partial charge in [-0.2, -0.15) is 8.42 Å². The Kier molecular flexibility index (Phi) is 1.81. The van der Waals surface area contributed by atoms with Crippen molar-refractivity contribution in [3.05, 3.63) is 24.0 Å². The highest BCUT2D eigenvalue weighted by Crippen LogP contribution is 2.28. The van der Waals surface area contributed by atoms with Gasteiger partial charge in [-0.05, 0) is 18.2 Å². The molecule has 74 valence electrons. The smallest absolute Gasteiger partial charge is 0.285 e. The van der Waals surface area contributed by atoms with E-state index in [2.05, 4.69) is 4.40 Å². The molecule has 0 bridgehead atoms. The molecule has 1 heterocycles. The minimum atomic E-state index is -3.71. The van der Waals surface area contributed by atoms with E-state index < -0.39 is 15.8 Å². The quantitative estimate of drug-likeness (QED) is 0.647. The Bertz CT molecular complexity index is 510. The van der Waals surface area contributed by atoms with E-state index in [-0.39, 0.29) is 4.90 Å². The minimum Gasteiger partial charge on any atom is -0.334 e. The highest BCUT2D eigenvalue weighted by atomic mass is 32.2. The molecule has 2 rings (SSSR count). The maximum atomic E-state index is 12.8. The van der Waals surface area contributed by atoms with E-state index in [9.17, 15) is 12.8 Å². The molecule has 14 heavy (non-hydrogen) atoms. The highest BCUT2D eigenvalue weighted by molar-refractivity contribution is 7.90. The zero-order valence-corrected chi connectivity index (χ0v) is 8.12. The van der Waals surface area contributed by atoms with E-state index in [0.29, 0.717) is 5.69 Å². The number of halogens is 1. The van der Waals surface area contributed by atoms with Gasteiger partial charge in [0.05, 0.1) is 5.69 Å². The first-order valence-electron chi connectivity index (χ1n) is 3.83. The van der Waals surface area contributed by atoms with Crippen molar-refractivity contribution < 1.29 is 12.8 Å². The second-order valence-electron chi connectivity index (χ2n) is 2.92. The number of hydrogen-bond acceptors (Lipinski definition) is 3. The summed E-state index contributed by atoms with van der Waals surface area (Å²) in [6, 6.07) is 3.59. The summed E-state index contributed by atoms with van der Waals surface area (Å²) in [5, 5.41) is 0. The summed E-state index contributed by atoms with van der Waals surface area (Å²) in [6.07, 6.45) is 1.19. The van der Waals surface area contributed by atoms with Crippen molar-refractivity contribution in [2.75, 3.05) is 11.9 Å². The normalized spacial score (nSPS) is 18.0. The second-order valence-corrected chi connectivity index (χ2v) is 4.52. The number of fused-ring (bicyclic) bond motifs is 1. The van der Waals surface area contributed by atoms with Crippen LogP contribution >= 0.6 is 0 Å². The minimum absolute atomic E-state index is 0.0949. The molecule has 4 nitrogen and oxygen atoms in total. The molecule has 0 fully saturated rings. The number of benzene rings is 1. The van der Waals surface area contributed by atoms with Crippen LogP contribution < -0.4 is 4.90 Å². The molecule has 1 aromatic rings. The van der Waals surface area contributed by atoms with Gasteiger partial charge in [-0.3, -0.25) is 0 Å². The van der Waals surface area contributed by atoms with E-state index >= 15 is 0 Å². The molecule has 0 aromatic heterocycles. The summed E-state index contributed by atoms with van der Waals surface area (Å²) in [4.78, 5) is 1.43. The molecule has 0 spiro atoms. The third-order valence-electron chi connectivity index (χ3n) is 1.94. The van der Waals surface area contributed by atoms with Crippen LogP contribution in [0.3, 0.4) is 0 Å². The summed E-state index contributed by atoms with van der Waals surface area (Å²) in [5.41, 5.74) is 0.432. The Hall–Kier alpha value is -1.43. The average molecular weight is 214 g/mol. The van der Waals surface area contributed by atoms with Crippen molar-refractivity contribution in [1.82, 2.24) is 0 Å². The fourth-order valence-corrected chi connectivity index (χ4v) is 2.35. The maximum Gasteiger partial charge on any atom is 0.285 e. The molecule has 0 N–H and O–H groups in total. The van der Waals surface area contributed by atoms with Crippen LogP contribution in [0.4, 0.5) is 10.1 Å². The topological polar surface area (TPSA) is 49.7 Å². The molecular formula is C8H7FN2O2S. The molecule has 0 unspecified atom stereocenters. The average Bonchev–Trinajstić information content (AvgIpc) is 2.12. The molecule has 0 saturated carbocycles. The number of hydrogen-bond donors (Lipinski definition) is 0. The Morgan fingerprint density at radius 2 is 2.14 bits per heavy atom. The molecule has 6 heteroatoms. The lowest BCUT2D eigenvalue weighted by Gasteiger charge is -2.20. The molecular weight excluding hydrogens is 207 g/mol. The molecule has 0 radical (unpaired) electrons. The summed E-state index contributed by atoms with van der Waals surface area (Å²) >= 11 is 0. The van der Waals surface area contributed by atoms with Crippen LogP contribution in [0.1, 0.15) is 0 Å². The predicted molar refractivity (Wildman–Crippen MR) is 50.5 cm³/mol. The Balaban J connectivity index is 2.76. The van der Waals surface area contributed by atoms with Crippen molar-refractivity contribution in [3.8, 4) is 0 Å². The third-order valence-corrected chi connectivity index (χ3v) is 3.19. The van der Waals surface area contributed by atoms with Gasteiger partial charge in [0.25, 0.3) is 10.0 Å².